The quantitative estimate of drug-likeness (QED) is 0.781. The molecule has 0 aliphatic heterocycles. The van der Waals surface area contributed by atoms with Crippen LogP contribution in [0.3, 0.4) is 0 Å². The van der Waals surface area contributed by atoms with Crippen LogP contribution >= 0.6 is 0 Å². The fraction of sp³-hybridized carbons (Fsp3) is 0.312. The van der Waals surface area contributed by atoms with Crippen LogP contribution in [-0.2, 0) is 6.54 Å². The van der Waals surface area contributed by atoms with Gasteiger partial charge in [-0.05, 0) is 25.6 Å². The first-order valence-electron chi connectivity index (χ1n) is 7.29. The lowest BCUT2D eigenvalue weighted by molar-refractivity contribution is 0.611. The number of nitrogens with one attached hydrogen (secondary N) is 1. The lowest BCUT2D eigenvalue weighted by Gasteiger charge is -2.15. The van der Waals surface area contributed by atoms with Crippen LogP contribution in [0.15, 0.2) is 42.9 Å². The lowest BCUT2D eigenvalue weighted by atomic mass is 10.1. The van der Waals surface area contributed by atoms with Crippen LogP contribution < -0.4 is 5.32 Å². The topological polar surface area (TPSA) is 55.6 Å². The molecule has 1 unspecified atom stereocenters. The number of nitrogens with zero attached hydrogens (tertiary/aromatic N) is 4. The average molecular weight is 281 g/mol. The maximum absolute atomic E-state index is 4.74. The van der Waals surface area contributed by atoms with E-state index in [4.69, 9.17) is 4.98 Å². The third-order valence-corrected chi connectivity index (χ3v) is 3.48. The van der Waals surface area contributed by atoms with E-state index in [2.05, 4.69) is 35.4 Å². The minimum atomic E-state index is 0.0207. The fourth-order valence-electron chi connectivity index (χ4n) is 2.41. The zero-order valence-corrected chi connectivity index (χ0v) is 12.3. The van der Waals surface area contributed by atoms with Crippen molar-refractivity contribution >= 4 is 11.0 Å². The van der Waals surface area contributed by atoms with Gasteiger partial charge in [0.15, 0.2) is 0 Å². The molecule has 3 rings (SSSR count). The zero-order chi connectivity index (χ0) is 14.7. The summed E-state index contributed by atoms with van der Waals surface area (Å²) in [5, 5.41) is 7.82. The van der Waals surface area contributed by atoms with E-state index in [1.54, 1.807) is 0 Å². The Morgan fingerprint density at radius 1 is 1.14 bits per heavy atom. The van der Waals surface area contributed by atoms with E-state index in [9.17, 15) is 0 Å². The van der Waals surface area contributed by atoms with Crippen molar-refractivity contribution in [2.24, 2.45) is 0 Å². The number of hydrogen-bond acceptors (Lipinski definition) is 4. The summed E-state index contributed by atoms with van der Waals surface area (Å²) in [6.45, 7) is 5.89. The fourth-order valence-corrected chi connectivity index (χ4v) is 2.41. The molecule has 0 saturated heterocycles. The highest BCUT2D eigenvalue weighted by Gasteiger charge is 2.17. The van der Waals surface area contributed by atoms with Gasteiger partial charge in [0, 0.05) is 18.3 Å². The minimum Gasteiger partial charge on any atom is -0.305 e. The summed E-state index contributed by atoms with van der Waals surface area (Å²) in [6.07, 6.45) is 5.80. The molecule has 5 nitrogen and oxygen atoms in total. The van der Waals surface area contributed by atoms with E-state index in [1.807, 2.05) is 41.3 Å². The van der Waals surface area contributed by atoms with Crippen molar-refractivity contribution < 1.29 is 0 Å². The second-order valence-corrected chi connectivity index (χ2v) is 4.90. The van der Waals surface area contributed by atoms with Gasteiger partial charge in [0.25, 0.3) is 0 Å². The van der Waals surface area contributed by atoms with Gasteiger partial charge < -0.3 is 5.32 Å². The van der Waals surface area contributed by atoms with Gasteiger partial charge in [-0.1, -0.05) is 19.1 Å². The molecular formula is C16H19N5. The number of aromatic nitrogens is 4. The molecule has 5 heteroatoms. The third-order valence-electron chi connectivity index (χ3n) is 3.48. The number of fused-ring (bicyclic) bond motifs is 1. The lowest BCUT2D eigenvalue weighted by Crippen LogP contribution is -2.22. The summed E-state index contributed by atoms with van der Waals surface area (Å²) in [7, 11) is 0. The molecule has 21 heavy (non-hydrogen) atoms. The molecule has 0 amide bonds. The Morgan fingerprint density at radius 2 is 1.95 bits per heavy atom. The molecule has 0 saturated carbocycles. The molecule has 2 heterocycles. The summed E-state index contributed by atoms with van der Waals surface area (Å²) in [5.41, 5.74) is 3.87. The van der Waals surface area contributed by atoms with Gasteiger partial charge in [0.1, 0.15) is 0 Å². The van der Waals surface area contributed by atoms with Crippen LogP contribution in [0.5, 0.6) is 0 Å². The van der Waals surface area contributed by atoms with E-state index in [0.29, 0.717) is 0 Å². The van der Waals surface area contributed by atoms with Crippen LogP contribution in [0.25, 0.3) is 11.0 Å². The second-order valence-electron chi connectivity index (χ2n) is 4.90. The number of benzene rings is 1. The highest BCUT2D eigenvalue weighted by Crippen LogP contribution is 2.21. The Balaban J connectivity index is 2.01. The predicted molar refractivity (Wildman–Crippen MR) is 83.0 cm³/mol. The first kappa shape index (κ1) is 13.7. The molecular weight excluding hydrogens is 262 g/mol. The summed E-state index contributed by atoms with van der Waals surface area (Å²) in [4.78, 5) is 9.25. The predicted octanol–water partition coefficient (Wildman–Crippen LogP) is 2.55. The Bertz CT molecular complexity index is 734. The molecule has 1 atom stereocenters. The highest BCUT2D eigenvalue weighted by atomic mass is 15.3. The van der Waals surface area contributed by atoms with Crippen LogP contribution in [0.2, 0.25) is 0 Å². The van der Waals surface area contributed by atoms with Crippen LogP contribution in [0.1, 0.15) is 31.1 Å². The molecule has 0 spiro atoms. The molecule has 3 aromatic rings. The van der Waals surface area contributed by atoms with Gasteiger partial charge >= 0.3 is 0 Å². The Morgan fingerprint density at radius 3 is 2.67 bits per heavy atom. The Hall–Kier alpha value is -2.27. The van der Waals surface area contributed by atoms with Gasteiger partial charge in [-0.3, -0.25) is 9.67 Å². The van der Waals surface area contributed by atoms with Crippen molar-refractivity contribution in [3.63, 3.8) is 0 Å². The van der Waals surface area contributed by atoms with E-state index >= 15 is 0 Å². The molecule has 0 bridgehead atoms. The van der Waals surface area contributed by atoms with Gasteiger partial charge in [-0.15, -0.1) is 0 Å². The van der Waals surface area contributed by atoms with E-state index < -0.39 is 0 Å². The normalized spacial score (nSPS) is 12.7. The first-order valence-corrected chi connectivity index (χ1v) is 7.29. The summed E-state index contributed by atoms with van der Waals surface area (Å²) < 4.78 is 1.92. The molecule has 108 valence electrons. The SMILES string of the molecule is CCNC(c1cnn(CC)c1)c1cnc2ccccc2n1. The van der Waals surface area contributed by atoms with E-state index in [-0.39, 0.29) is 6.04 Å². The maximum Gasteiger partial charge on any atom is 0.0890 e. The minimum absolute atomic E-state index is 0.0207. The summed E-state index contributed by atoms with van der Waals surface area (Å²) >= 11 is 0. The largest absolute Gasteiger partial charge is 0.305 e. The molecule has 2 aromatic heterocycles. The summed E-state index contributed by atoms with van der Waals surface area (Å²) in [5.74, 6) is 0. The van der Waals surface area contributed by atoms with Crippen molar-refractivity contribution in [1.82, 2.24) is 25.1 Å². The smallest absolute Gasteiger partial charge is 0.0890 e. The Labute approximate surface area is 124 Å². The van der Waals surface area contributed by atoms with Gasteiger partial charge in [-0.25, -0.2) is 4.98 Å². The number of hydrogen-bond donors (Lipinski definition) is 1. The van der Waals surface area contributed by atoms with Crippen molar-refractivity contribution in [1.29, 1.82) is 0 Å². The van der Waals surface area contributed by atoms with Crippen molar-refractivity contribution in [2.75, 3.05) is 6.54 Å². The monoisotopic (exact) mass is 281 g/mol. The van der Waals surface area contributed by atoms with Gasteiger partial charge in [-0.2, -0.15) is 5.10 Å². The summed E-state index contributed by atoms with van der Waals surface area (Å²) in [6, 6.07) is 7.95. The first-order chi connectivity index (χ1) is 10.3. The maximum atomic E-state index is 4.74. The third kappa shape index (κ3) is 2.78. The van der Waals surface area contributed by atoms with Crippen LogP contribution in [-0.4, -0.2) is 26.3 Å². The van der Waals surface area contributed by atoms with E-state index in [1.165, 1.54) is 0 Å². The molecule has 0 fully saturated rings. The van der Waals surface area contributed by atoms with Crippen LogP contribution in [0.4, 0.5) is 0 Å². The van der Waals surface area contributed by atoms with Crippen molar-refractivity contribution in [3.8, 4) is 0 Å². The van der Waals surface area contributed by atoms with Crippen LogP contribution in [0, 0.1) is 0 Å². The standard InChI is InChI=1S/C16H19N5/c1-3-17-16(12-9-19-21(4-2)11-12)15-10-18-13-7-5-6-8-14(13)20-15/h5-11,16-17H,3-4H2,1-2H3. The number of rotatable bonds is 5. The molecule has 0 aliphatic rings. The average Bonchev–Trinajstić information content (AvgIpc) is 3.01. The molecule has 0 radical (unpaired) electrons. The second kappa shape index (κ2) is 6.01. The molecule has 1 aromatic carbocycles. The van der Waals surface area contributed by atoms with Crippen molar-refractivity contribution in [3.05, 3.63) is 54.1 Å². The molecule has 1 N–H and O–H groups in total. The van der Waals surface area contributed by atoms with Gasteiger partial charge in [0.05, 0.1) is 35.2 Å². The van der Waals surface area contributed by atoms with Crippen molar-refractivity contribution in [2.45, 2.75) is 26.4 Å². The zero-order valence-electron chi connectivity index (χ0n) is 12.3. The Kier molecular flexibility index (Phi) is 3.92. The highest BCUT2D eigenvalue weighted by molar-refractivity contribution is 5.73. The molecule has 0 aliphatic carbocycles. The van der Waals surface area contributed by atoms with E-state index in [0.717, 1.165) is 35.4 Å². The van der Waals surface area contributed by atoms with Gasteiger partial charge in [0.2, 0.25) is 0 Å². The number of para-hydroxylation sites is 2. The number of aryl methyl sites for hydroxylation is 1.